The van der Waals surface area contributed by atoms with Crippen LogP contribution >= 0.6 is 0 Å². The minimum atomic E-state index is 0.249. The number of aromatic nitrogens is 2. The van der Waals surface area contributed by atoms with Gasteiger partial charge in [0, 0.05) is 25.4 Å². The van der Waals surface area contributed by atoms with Crippen molar-refractivity contribution < 1.29 is 9.53 Å². The zero-order valence-corrected chi connectivity index (χ0v) is 21.8. The number of nitrogens with zero attached hydrogens (tertiary/aromatic N) is 2. The second-order valence-electron chi connectivity index (χ2n) is 10.3. The van der Waals surface area contributed by atoms with E-state index in [1.807, 2.05) is 0 Å². The third-order valence-electron chi connectivity index (χ3n) is 7.60. The van der Waals surface area contributed by atoms with E-state index in [-0.39, 0.29) is 11.8 Å². The number of imidazole rings is 1. The van der Waals surface area contributed by atoms with Crippen LogP contribution in [0.1, 0.15) is 63.6 Å². The van der Waals surface area contributed by atoms with Crippen molar-refractivity contribution in [1.29, 1.82) is 0 Å². The number of carbonyl (C=O) groups is 1. The van der Waals surface area contributed by atoms with Crippen LogP contribution in [-0.2, 0) is 17.8 Å². The lowest BCUT2D eigenvalue weighted by atomic mass is 9.89. The first-order chi connectivity index (χ1) is 18.3. The Labute approximate surface area is 220 Å². The third-order valence-corrected chi connectivity index (χ3v) is 7.60. The van der Waals surface area contributed by atoms with Crippen LogP contribution in [0.25, 0.3) is 21.8 Å². The van der Waals surface area contributed by atoms with Crippen LogP contribution in [0, 0.1) is 5.92 Å². The lowest BCUT2D eigenvalue weighted by Gasteiger charge is -2.20. The Balaban J connectivity index is 1.09. The zero-order valence-electron chi connectivity index (χ0n) is 21.8. The zero-order chi connectivity index (χ0) is 25.3. The van der Waals surface area contributed by atoms with Crippen molar-refractivity contribution in [3.8, 4) is 5.75 Å². The lowest BCUT2D eigenvalue weighted by Crippen LogP contribution is -2.32. The second-order valence-corrected chi connectivity index (χ2v) is 10.3. The van der Waals surface area contributed by atoms with Gasteiger partial charge in [-0.05, 0) is 67.1 Å². The Morgan fingerprint density at radius 2 is 1.70 bits per heavy atom. The summed E-state index contributed by atoms with van der Waals surface area (Å²) in [5.41, 5.74) is 2.26. The van der Waals surface area contributed by atoms with Crippen LogP contribution in [-0.4, -0.2) is 28.6 Å². The molecule has 1 aliphatic carbocycles. The van der Waals surface area contributed by atoms with Gasteiger partial charge >= 0.3 is 0 Å². The highest BCUT2D eigenvalue weighted by atomic mass is 16.5. The van der Waals surface area contributed by atoms with Gasteiger partial charge in [0.2, 0.25) is 5.91 Å². The summed E-state index contributed by atoms with van der Waals surface area (Å²) in [5.74, 6) is 2.59. The summed E-state index contributed by atoms with van der Waals surface area (Å²) in [5, 5.41) is 5.61. The number of nitrogens with one attached hydrogen (secondary N) is 1. The van der Waals surface area contributed by atoms with Gasteiger partial charge in [-0.25, -0.2) is 4.98 Å². The summed E-state index contributed by atoms with van der Waals surface area (Å²) < 4.78 is 8.45. The molecule has 1 saturated carbocycles. The number of hydrogen-bond donors (Lipinski definition) is 1. The molecule has 0 atom stereocenters. The Bertz CT molecular complexity index is 1310. The lowest BCUT2D eigenvalue weighted by molar-refractivity contribution is -0.125. The number of amides is 1. The molecule has 4 aromatic rings. The topological polar surface area (TPSA) is 56.2 Å². The quantitative estimate of drug-likeness (QED) is 0.213. The van der Waals surface area contributed by atoms with Crippen LogP contribution in [0.2, 0.25) is 0 Å². The molecule has 0 saturated heterocycles. The van der Waals surface area contributed by atoms with Crippen LogP contribution in [0.5, 0.6) is 5.75 Å². The van der Waals surface area contributed by atoms with Crippen LogP contribution in [0.3, 0.4) is 0 Å². The number of ether oxygens (including phenoxy) is 1. The Morgan fingerprint density at radius 1 is 0.892 bits per heavy atom. The molecule has 0 aliphatic heterocycles. The van der Waals surface area contributed by atoms with Gasteiger partial charge in [-0.15, -0.1) is 0 Å². The molecule has 5 rings (SSSR count). The third kappa shape index (κ3) is 6.71. The fourth-order valence-electron chi connectivity index (χ4n) is 5.54. The van der Waals surface area contributed by atoms with Crippen LogP contribution < -0.4 is 10.1 Å². The molecule has 0 spiro atoms. The van der Waals surface area contributed by atoms with Gasteiger partial charge in [0.05, 0.1) is 17.6 Å². The first-order valence-corrected chi connectivity index (χ1v) is 14.1. The van der Waals surface area contributed by atoms with Crippen molar-refractivity contribution in [3.05, 3.63) is 72.6 Å². The van der Waals surface area contributed by atoms with Crippen molar-refractivity contribution >= 4 is 27.7 Å². The van der Waals surface area contributed by atoms with E-state index < -0.39 is 0 Å². The molecule has 1 fully saturated rings. The van der Waals surface area contributed by atoms with E-state index >= 15 is 0 Å². The number of unbranched alkanes of at least 4 members (excludes halogenated alkanes) is 2. The van der Waals surface area contributed by atoms with Crippen molar-refractivity contribution in [3.63, 3.8) is 0 Å². The summed E-state index contributed by atoms with van der Waals surface area (Å²) in [6.07, 6.45) is 10.9. The fourth-order valence-corrected chi connectivity index (χ4v) is 5.54. The molecule has 1 aromatic heterocycles. The largest absolute Gasteiger partial charge is 0.494 e. The van der Waals surface area contributed by atoms with Gasteiger partial charge in [-0.1, -0.05) is 68.1 Å². The number of benzene rings is 3. The molecule has 0 bridgehead atoms. The summed E-state index contributed by atoms with van der Waals surface area (Å²) in [7, 11) is 0. The van der Waals surface area contributed by atoms with E-state index in [0.717, 1.165) is 75.1 Å². The van der Waals surface area contributed by atoms with Crippen molar-refractivity contribution in [1.82, 2.24) is 14.9 Å². The monoisotopic (exact) mass is 497 g/mol. The molecule has 194 valence electrons. The Kier molecular flexibility index (Phi) is 8.73. The van der Waals surface area contributed by atoms with E-state index in [4.69, 9.17) is 9.72 Å². The molecule has 5 nitrogen and oxygen atoms in total. The normalized spacial score (nSPS) is 14.3. The highest BCUT2D eigenvalue weighted by molar-refractivity contribution is 5.83. The average Bonchev–Trinajstić information content (AvgIpc) is 3.30. The Hall–Kier alpha value is -3.34. The summed E-state index contributed by atoms with van der Waals surface area (Å²) >= 11 is 0. The predicted octanol–water partition coefficient (Wildman–Crippen LogP) is 7.07. The van der Waals surface area contributed by atoms with Crippen LogP contribution in [0.4, 0.5) is 0 Å². The number of rotatable bonds is 12. The van der Waals surface area contributed by atoms with Crippen molar-refractivity contribution in [2.24, 2.45) is 5.92 Å². The second kappa shape index (κ2) is 12.8. The van der Waals surface area contributed by atoms with Gasteiger partial charge in [-0.3, -0.25) is 4.79 Å². The summed E-state index contributed by atoms with van der Waals surface area (Å²) in [6, 6.07) is 23.1. The molecule has 1 amide bonds. The van der Waals surface area contributed by atoms with Gasteiger partial charge in [-0.2, -0.15) is 0 Å². The minimum absolute atomic E-state index is 0.249. The van der Waals surface area contributed by atoms with E-state index in [0.29, 0.717) is 6.61 Å². The maximum absolute atomic E-state index is 12.3. The maximum Gasteiger partial charge on any atom is 0.223 e. The Morgan fingerprint density at radius 3 is 2.59 bits per heavy atom. The molecule has 1 N–H and O–H groups in total. The molecule has 1 heterocycles. The smallest absolute Gasteiger partial charge is 0.223 e. The minimum Gasteiger partial charge on any atom is -0.494 e. The fraction of sp³-hybridized carbons (Fsp3) is 0.438. The molecule has 0 unspecified atom stereocenters. The SMILES string of the molecule is O=C(NCCCCCc1nc2ccccc2n1CCCOc1ccc2ccccc2c1)C1CCCCC1. The molecule has 0 radical (unpaired) electrons. The molecule has 3 aromatic carbocycles. The van der Waals surface area contributed by atoms with Gasteiger partial charge in [0.15, 0.2) is 0 Å². The first kappa shape index (κ1) is 25.3. The molecule has 5 heteroatoms. The summed E-state index contributed by atoms with van der Waals surface area (Å²) in [6.45, 7) is 2.35. The molecular weight excluding hydrogens is 458 g/mol. The van der Waals surface area contributed by atoms with Crippen LogP contribution in [0.15, 0.2) is 66.7 Å². The highest BCUT2D eigenvalue weighted by Crippen LogP contribution is 2.24. The van der Waals surface area contributed by atoms with E-state index in [1.54, 1.807) is 0 Å². The van der Waals surface area contributed by atoms with Crippen molar-refractivity contribution in [2.75, 3.05) is 13.2 Å². The average molecular weight is 498 g/mol. The van der Waals surface area contributed by atoms with Crippen molar-refractivity contribution in [2.45, 2.75) is 70.8 Å². The number of hydrogen-bond acceptors (Lipinski definition) is 3. The number of carbonyl (C=O) groups excluding carboxylic acids is 1. The number of fused-ring (bicyclic) bond motifs is 2. The molecule has 1 aliphatic rings. The van der Waals surface area contributed by atoms with Gasteiger partial charge < -0.3 is 14.6 Å². The van der Waals surface area contributed by atoms with E-state index in [9.17, 15) is 4.79 Å². The standard InChI is InChI=1S/C32H39N3O2/c36-32(26-13-3-1-4-14-26)33-21-10-2-5-18-31-34-29-16-8-9-17-30(29)35(31)22-11-23-37-28-20-19-25-12-6-7-15-27(25)24-28/h6-9,12,15-17,19-20,24,26H,1-5,10-11,13-14,18,21-23H2,(H,33,36). The maximum atomic E-state index is 12.3. The predicted molar refractivity (Wildman–Crippen MR) is 151 cm³/mol. The molecule has 37 heavy (non-hydrogen) atoms. The van der Waals surface area contributed by atoms with Gasteiger partial charge in [0.25, 0.3) is 0 Å². The summed E-state index contributed by atoms with van der Waals surface area (Å²) in [4.78, 5) is 17.3. The number of para-hydroxylation sites is 2. The first-order valence-electron chi connectivity index (χ1n) is 14.1. The molecular formula is C32H39N3O2. The van der Waals surface area contributed by atoms with E-state index in [1.165, 1.54) is 35.6 Å². The van der Waals surface area contributed by atoms with E-state index in [2.05, 4.69) is 76.6 Å². The van der Waals surface area contributed by atoms with Gasteiger partial charge in [0.1, 0.15) is 11.6 Å². The number of aryl methyl sites for hydroxylation is 2. The highest BCUT2D eigenvalue weighted by Gasteiger charge is 2.20.